The number of carbonyl (C=O) groups is 1. The molecule has 3 N–H and O–H groups in total. The quantitative estimate of drug-likeness (QED) is 0.792. The largest absolute Gasteiger partial charge is 0.493 e. The Kier molecular flexibility index (Phi) is 5.06. The molecule has 6 heteroatoms. The lowest BCUT2D eigenvalue weighted by molar-refractivity contribution is -0.138. The molecule has 0 aliphatic rings. The van der Waals surface area contributed by atoms with E-state index >= 15 is 0 Å². The van der Waals surface area contributed by atoms with Crippen LogP contribution in [0.4, 0.5) is 4.39 Å². The minimum Gasteiger partial charge on any atom is -0.493 e. The summed E-state index contributed by atoms with van der Waals surface area (Å²) >= 11 is 0. The first-order chi connectivity index (χ1) is 8.49. The molecule has 0 amide bonds. The zero-order valence-corrected chi connectivity index (χ0v) is 10.3. The number of carboxylic acids is 1. The van der Waals surface area contributed by atoms with E-state index in [2.05, 4.69) is 0 Å². The number of carboxylic acid groups (broad SMARTS) is 1. The van der Waals surface area contributed by atoms with Crippen LogP contribution in [0, 0.1) is 5.82 Å². The van der Waals surface area contributed by atoms with Crippen LogP contribution >= 0.6 is 0 Å². The number of rotatable bonds is 6. The van der Waals surface area contributed by atoms with Crippen molar-refractivity contribution in [3.8, 4) is 5.75 Å². The first-order valence-electron chi connectivity index (χ1n) is 5.32. The van der Waals surface area contributed by atoms with Crippen molar-refractivity contribution in [3.63, 3.8) is 0 Å². The van der Waals surface area contributed by atoms with Crippen molar-refractivity contribution < 1.29 is 23.8 Å². The Morgan fingerprint density at radius 2 is 2.17 bits per heavy atom. The zero-order valence-electron chi connectivity index (χ0n) is 10.3. The number of hydrogen-bond acceptors (Lipinski definition) is 4. The van der Waals surface area contributed by atoms with Crippen LogP contribution in [0.5, 0.6) is 5.75 Å². The van der Waals surface area contributed by atoms with E-state index in [1.54, 1.807) is 6.07 Å². The predicted octanol–water partition coefficient (Wildman–Crippen LogP) is 0.935. The fourth-order valence-electron chi connectivity index (χ4n) is 1.67. The van der Waals surface area contributed by atoms with Crippen LogP contribution in [-0.4, -0.2) is 31.3 Å². The fourth-order valence-corrected chi connectivity index (χ4v) is 1.67. The van der Waals surface area contributed by atoms with Gasteiger partial charge in [0, 0.05) is 13.5 Å². The van der Waals surface area contributed by atoms with Gasteiger partial charge in [-0.15, -0.1) is 0 Å². The molecule has 0 heterocycles. The average molecular weight is 257 g/mol. The van der Waals surface area contributed by atoms with E-state index in [1.165, 1.54) is 20.3 Å². The zero-order chi connectivity index (χ0) is 13.7. The number of hydrogen-bond donors (Lipinski definition) is 2. The van der Waals surface area contributed by atoms with Crippen LogP contribution in [0.15, 0.2) is 12.1 Å². The van der Waals surface area contributed by atoms with E-state index in [-0.39, 0.29) is 18.8 Å². The van der Waals surface area contributed by atoms with Crippen molar-refractivity contribution in [1.29, 1.82) is 0 Å². The van der Waals surface area contributed by atoms with Crippen LogP contribution in [0.1, 0.15) is 11.1 Å². The Balaban J connectivity index is 3.09. The molecule has 0 radical (unpaired) electrons. The summed E-state index contributed by atoms with van der Waals surface area (Å²) in [5.74, 6) is -1.68. The molecule has 100 valence electrons. The average Bonchev–Trinajstić information content (AvgIpc) is 2.29. The third-order valence-electron chi connectivity index (χ3n) is 2.45. The summed E-state index contributed by atoms with van der Waals surface area (Å²) in [7, 11) is 2.81. The maximum absolute atomic E-state index is 13.7. The van der Waals surface area contributed by atoms with Crippen LogP contribution < -0.4 is 10.5 Å². The van der Waals surface area contributed by atoms with Gasteiger partial charge in [-0.3, -0.25) is 4.79 Å². The molecule has 0 saturated carbocycles. The first kappa shape index (κ1) is 14.4. The van der Waals surface area contributed by atoms with Crippen molar-refractivity contribution in [1.82, 2.24) is 0 Å². The van der Waals surface area contributed by atoms with Crippen molar-refractivity contribution in [2.45, 2.75) is 19.1 Å². The first-order valence-corrected chi connectivity index (χ1v) is 5.32. The smallest absolute Gasteiger partial charge is 0.320 e. The van der Waals surface area contributed by atoms with Gasteiger partial charge in [0.2, 0.25) is 0 Å². The lowest BCUT2D eigenvalue weighted by Crippen LogP contribution is -2.32. The van der Waals surface area contributed by atoms with Gasteiger partial charge >= 0.3 is 5.97 Å². The minimum atomic E-state index is -1.14. The Bertz CT molecular complexity index is 436. The lowest BCUT2D eigenvalue weighted by atomic mass is 10.0. The predicted molar refractivity (Wildman–Crippen MR) is 63.0 cm³/mol. The molecule has 1 rings (SSSR count). The highest BCUT2D eigenvalue weighted by molar-refractivity contribution is 5.73. The molecule has 0 spiro atoms. The van der Waals surface area contributed by atoms with Gasteiger partial charge in [-0.2, -0.15) is 0 Å². The molecule has 0 bridgehead atoms. The molecule has 1 unspecified atom stereocenters. The molecule has 1 aromatic carbocycles. The van der Waals surface area contributed by atoms with E-state index in [9.17, 15) is 9.18 Å². The van der Waals surface area contributed by atoms with E-state index in [0.29, 0.717) is 11.1 Å². The molecular formula is C12H16FNO4. The number of ether oxygens (including phenoxy) is 2. The molecular weight excluding hydrogens is 241 g/mol. The van der Waals surface area contributed by atoms with Crippen molar-refractivity contribution in [2.75, 3.05) is 14.2 Å². The van der Waals surface area contributed by atoms with Gasteiger partial charge in [0.15, 0.2) is 11.6 Å². The number of benzene rings is 1. The maximum Gasteiger partial charge on any atom is 0.320 e. The van der Waals surface area contributed by atoms with Crippen molar-refractivity contribution in [3.05, 3.63) is 29.1 Å². The second-order valence-corrected chi connectivity index (χ2v) is 3.85. The summed E-state index contributed by atoms with van der Waals surface area (Å²) in [5, 5.41) is 8.76. The van der Waals surface area contributed by atoms with Crippen molar-refractivity contribution in [2.24, 2.45) is 5.73 Å². The van der Waals surface area contributed by atoms with E-state index in [1.807, 2.05) is 0 Å². The van der Waals surface area contributed by atoms with Crippen LogP contribution in [0.3, 0.4) is 0 Å². The normalized spacial score (nSPS) is 12.2. The molecule has 0 aliphatic heterocycles. The van der Waals surface area contributed by atoms with Gasteiger partial charge in [-0.25, -0.2) is 4.39 Å². The SMILES string of the molecule is COCc1cc(F)c(OC)c(CC(N)C(=O)O)c1. The summed E-state index contributed by atoms with van der Waals surface area (Å²) in [6, 6.07) is 1.82. The molecule has 0 fully saturated rings. The molecule has 1 atom stereocenters. The van der Waals surface area contributed by atoms with E-state index in [4.69, 9.17) is 20.3 Å². The second kappa shape index (κ2) is 6.32. The Morgan fingerprint density at radius 1 is 1.50 bits per heavy atom. The molecule has 0 aromatic heterocycles. The van der Waals surface area contributed by atoms with Gasteiger partial charge in [0.25, 0.3) is 0 Å². The highest BCUT2D eigenvalue weighted by Gasteiger charge is 2.18. The number of methoxy groups -OCH3 is 2. The third kappa shape index (κ3) is 3.41. The summed E-state index contributed by atoms with van der Waals surface area (Å²) in [4.78, 5) is 10.7. The summed E-state index contributed by atoms with van der Waals surface area (Å²) in [6.45, 7) is 0.232. The Labute approximate surface area is 104 Å². The van der Waals surface area contributed by atoms with E-state index < -0.39 is 17.8 Å². The van der Waals surface area contributed by atoms with Gasteiger partial charge in [0.05, 0.1) is 13.7 Å². The summed E-state index contributed by atoms with van der Waals surface area (Å²) in [5.41, 5.74) is 6.45. The maximum atomic E-state index is 13.7. The third-order valence-corrected chi connectivity index (χ3v) is 2.45. The number of halogens is 1. The molecule has 1 aromatic rings. The van der Waals surface area contributed by atoms with Crippen LogP contribution in [0.25, 0.3) is 0 Å². The van der Waals surface area contributed by atoms with Gasteiger partial charge in [-0.1, -0.05) is 0 Å². The van der Waals surface area contributed by atoms with Crippen LogP contribution in [0.2, 0.25) is 0 Å². The lowest BCUT2D eigenvalue weighted by Gasteiger charge is -2.13. The number of nitrogens with two attached hydrogens (primary N) is 1. The molecule has 0 saturated heterocycles. The standard InChI is InChI=1S/C12H16FNO4/c1-17-6-7-3-8(5-10(14)12(15)16)11(18-2)9(13)4-7/h3-4,10H,5-6,14H2,1-2H3,(H,15,16). The Hall–Kier alpha value is -1.66. The second-order valence-electron chi connectivity index (χ2n) is 3.85. The Morgan fingerprint density at radius 3 is 2.67 bits per heavy atom. The molecule has 5 nitrogen and oxygen atoms in total. The van der Waals surface area contributed by atoms with Crippen molar-refractivity contribution >= 4 is 5.97 Å². The summed E-state index contributed by atoms with van der Waals surface area (Å²) in [6.07, 6.45) is -0.00696. The fraction of sp³-hybridized carbons (Fsp3) is 0.417. The summed E-state index contributed by atoms with van der Waals surface area (Å²) < 4.78 is 23.6. The monoisotopic (exact) mass is 257 g/mol. The van der Waals surface area contributed by atoms with Gasteiger partial charge in [0.1, 0.15) is 6.04 Å². The number of aliphatic carboxylic acids is 1. The topological polar surface area (TPSA) is 81.8 Å². The highest BCUT2D eigenvalue weighted by Crippen LogP contribution is 2.26. The molecule has 0 aliphatic carbocycles. The van der Waals surface area contributed by atoms with Gasteiger partial charge in [-0.05, 0) is 23.3 Å². The minimum absolute atomic E-state index is 0.00696. The van der Waals surface area contributed by atoms with Gasteiger partial charge < -0.3 is 20.3 Å². The van der Waals surface area contributed by atoms with E-state index in [0.717, 1.165) is 0 Å². The molecule has 18 heavy (non-hydrogen) atoms. The van der Waals surface area contributed by atoms with Crippen LogP contribution in [-0.2, 0) is 22.6 Å². The highest BCUT2D eigenvalue weighted by atomic mass is 19.1.